The van der Waals surface area contributed by atoms with Crippen LogP contribution in [0, 0.1) is 5.92 Å². The van der Waals surface area contributed by atoms with Crippen molar-refractivity contribution in [3.8, 4) is 5.75 Å². The second kappa shape index (κ2) is 11.9. The molecule has 2 saturated heterocycles. The summed E-state index contributed by atoms with van der Waals surface area (Å²) in [6.07, 6.45) is 1.75. The largest absolute Gasteiger partial charge is 0.508 e. The van der Waals surface area contributed by atoms with E-state index >= 15 is 0 Å². The Bertz CT molecular complexity index is 997. The third-order valence-electron chi connectivity index (χ3n) is 6.84. The van der Waals surface area contributed by atoms with Crippen molar-refractivity contribution in [2.24, 2.45) is 5.92 Å². The molecule has 5 atom stereocenters. The maximum absolute atomic E-state index is 13.4. The van der Waals surface area contributed by atoms with E-state index in [9.17, 15) is 29.1 Å². The quantitative estimate of drug-likeness (QED) is 0.377. The normalized spacial score (nSPS) is 27.1. The van der Waals surface area contributed by atoms with Crippen molar-refractivity contribution in [1.29, 1.82) is 0 Å². The van der Waals surface area contributed by atoms with Gasteiger partial charge in [-0.2, -0.15) is 0 Å². The van der Waals surface area contributed by atoms with Gasteiger partial charge in [0.05, 0.1) is 6.54 Å². The molecule has 2 fully saturated rings. The smallest absolute Gasteiger partial charge is 0.243 e. The zero-order chi connectivity index (χ0) is 26.4. The molecule has 0 aromatic heterocycles. The predicted molar refractivity (Wildman–Crippen MR) is 130 cm³/mol. The van der Waals surface area contributed by atoms with E-state index in [0.29, 0.717) is 31.4 Å². The van der Waals surface area contributed by atoms with Gasteiger partial charge in [0.25, 0.3) is 0 Å². The average molecular weight is 502 g/mol. The molecule has 11 nitrogen and oxygen atoms in total. The van der Waals surface area contributed by atoms with Gasteiger partial charge in [-0.05, 0) is 43.4 Å². The molecule has 196 valence electrons. The van der Waals surface area contributed by atoms with Gasteiger partial charge in [-0.3, -0.25) is 24.0 Å². The first-order chi connectivity index (χ1) is 17.1. The molecular formula is C25H35N5O6. The van der Waals surface area contributed by atoms with Crippen molar-refractivity contribution in [2.75, 3.05) is 13.1 Å². The SMILES string of the molecule is CCC(C)C1NC(=O)C(Cc2ccc(O)cc2)NC(=O)C2CCCN2C(=O)CNC(=O)C(C)NC1=O. The number of fused-ring (bicyclic) bond motifs is 1. The van der Waals surface area contributed by atoms with Gasteiger partial charge in [-0.15, -0.1) is 0 Å². The number of nitrogens with one attached hydrogen (secondary N) is 4. The second-order valence-electron chi connectivity index (χ2n) is 9.50. The lowest BCUT2D eigenvalue weighted by Crippen LogP contribution is -2.59. The fourth-order valence-corrected chi connectivity index (χ4v) is 4.42. The molecule has 2 heterocycles. The van der Waals surface area contributed by atoms with E-state index in [1.54, 1.807) is 12.1 Å². The predicted octanol–water partition coefficient (Wildman–Crippen LogP) is -0.424. The first-order valence-corrected chi connectivity index (χ1v) is 12.4. The minimum atomic E-state index is -1.03. The zero-order valence-corrected chi connectivity index (χ0v) is 20.9. The summed E-state index contributed by atoms with van der Waals surface area (Å²) in [5, 5.41) is 20.3. The summed E-state index contributed by atoms with van der Waals surface area (Å²) in [5.41, 5.74) is 0.693. The van der Waals surface area contributed by atoms with Gasteiger partial charge in [0.15, 0.2) is 0 Å². The summed E-state index contributed by atoms with van der Waals surface area (Å²) in [7, 11) is 0. The van der Waals surface area contributed by atoms with E-state index in [1.807, 2.05) is 13.8 Å². The third-order valence-corrected chi connectivity index (χ3v) is 6.84. The molecule has 0 radical (unpaired) electrons. The van der Waals surface area contributed by atoms with Crippen molar-refractivity contribution in [2.45, 2.75) is 70.6 Å². The van der Waals surface area contributed by atoms with Gasteiger partial charge in [0.2, 0.25) is 29.5 Å². The Morgan fingerprint density at radius 3 is 2.33 bits per heavy atom. The summed E-state index contributed by atoms with van der Waals surface area (Å²) in [6.45, 7) is 5.26. The Morgan fingerprint density at radius 2 is 1.67 bits per heavy atom. The van der Waals surface area contributed by atoms with Crippen molar-refractivity contribution in [3.05, 3.63) is 29.8 Å². The van der Waals surface area contributed by atoms with Crippen LogP contribution >= 0.6 is 0 Å². The summed E-state index contributed by atoms with van der Waals surface area (Å²) in [4.78, 5) is 66.4. The Balaban J connectivity index is 1.94. The molecular weight excluding hydrogens is 466 g/mol. The average Bonchev–Trinajstić information content (AvgIpc) is 3.35. The van der Waals surface area contributed by atoms with Gasteiger partial charge in [-0.1, -0.05) is 32.4 Å². The highest BCUT2D eigenvalue weighted by atomic mass is 16.3. The molecule has 2 aliphatic rings. The number of carbonyl (C=O) groups is 5. The fourth-order valence-electron chi connectivity index (χ4n) is 4.42. The number of phenolic OH excluding ortho intramolecular Hbond substituents is 1. The van der Waals surface area contributed by atoms with Crippen LogP contribution < -0.4 is 21.3 Å². The number of benzene rings is 1. The van der Waals surface area contributed by atoms with Crippen molar-refractivity contribution in [3.63, 3.8) is 0 Å². The Kier molecular flexibility index (Phi) is 8.89. The van der Waals surface area contributed by atoms with Crippen molar-refractivity contribution in [1.82, 2.24) is 26.2 Å². The molecule has 3 rings (SSSR count). The number of hydrogen-bond acceptors (Lipinski definition) is 6. The van der Waals surface area contributed by atoms with E-state index in [4.69, 9.17) is 0 Å². The molecule has 0 saturated carbocycles. The maximum atomic E-state index is 13.4. The van der Waals surface area contributed by atoms with Crippen LogP contribution in [0.3, 0.4) is 0 Å². The number of amides is 5. The standard InChI is InChI=1S/C25H35N5O6/c1-4-14(2)21-25(36)27-15(3)22(33)26-13-20(32)30-11-5-6-19(30)24(35)28-18(23(34)29-21)12-16-7-9-17(31)10-8-16/h7-10,14-15,18-19,21,31H,4-6,11-13H2,1-3H3,(H,26,33)(H,27,36)(H,28,35)(H,29,34). The summed E-state index contributed by atoms with van der Waals surface area (Å²) in [5.74, 6) is -2.69. The molecule has 0 bridgehead atoms. The highest BCUT2D eigenvalue weighted by Crippen LogP contribution is 2.19. The maximum Gasteiger partial charge on any atom is 0.243 e. The Hall–Kier alpha value is -3.63. The zero-order valence-electron chi connectivity index (χ0n) is 20.9. The monoisotopic (exact) mass is 501 g/mol. The number of hydrogen-bond donors (Lipinski definition) is 5. The lowest BCUT2D eigenvalue weighted by atomic mass is 9.96. The van der Waals surface area contributed by atoms with Gasteiger partial charge in [0.1, 0.15) is 29.9 Å². The topological polar surface area (TPSA) is 157 Å². The summed E-state index contributed by atoms with van der Waals surface area (Å²) >= 11 is 0. The van der Waals surface area contributed by atoms with E-state index in [1.165, 1.54) is 24.0 Å². The molecule has 5 amide bonds. The molecule has 5 unspecified atom stereocenters. The molecule has 0 aliphatic carbocycles. The van der Waals surface area contributed by atoms with Crippen LogP contribution in [0.4, 0.5) is 0 Å². The number of phenols is 1. The molecule has 1 aromatic carbocycles. The minimum Gasteiger partial charge on any atom is -0.508 e. The lowest BCUT2D eigenvalue weighted by molar-refractivity contribution is -0.139. The van der Waals surface area contributed by atoms with E-state index in [0.717, 1.165) is 0 Å². The van der Waals surface area contributed by atoms with Crippen LogP contribution in [0.5, 0.6) is 5.75 Å². The molecule has 0 spiro atoms. The van der Waals surface area contributed by atoms with Crippen molar-refractivity contribution < 1.29 is 29.1 Å². The van der Waals surface area contributed by atoms with Gasteiger partial charge in [0, 0.05) is 13.0 Å². The van der Waals surface area contributed by atoms with E-state index in [2.05, 4.69) is 21.3 Å². The molecule has 36 heavy (non-hydrogen) atoms. The summed E-state index contributed by atoms with van der Waals surface area (Å²) < 4.78 is 0. The highest BCUT2D eigenvalue weighted by Gasteiger charge is 2.37. The lowest BCUT2D eigenvalue weighted by Gasteiger charge is -2.28. The molecule has 11 heteroatoms. The number of carbonyl (C=O) groups excluding carboxylic acids is 5. The van der Waals surface area contributed by atoms with Crippen molar-refractivity contribution >= 4 is 29.5 Å². The Morgan fingerprint density at radius 1 is 0.972 bits per heavy atom. The van der Waals surface area contributed by atoms with Gasteiger partial charge in [-0.25, -0.2) is 0 Å². The number of nitrogens with zero attached hydrogens (tertiary/aromatic N) is 1. The summed E-state index contributed by atoms with van der Waals surface area (Å²) in [6, 6.07) is 2.60. The minimum absolute atomic E-state index is 0.0696. The van der Waals surface area contributed by atoms with E-state index < -0.39 is 53.7 Å². The molecule has 2 aliphatic heterocycles. The molecule has 5 N–H and O–H groups in total. The van der Waals surface area contributed by atoms with Crippen LogP contribution in [0.1, 0.15) is 45.6 Å². The van der Waals surface area contributed by atoms with Gasteiger partial charge < -0.3 is 31.3 Å². The van der Waals surface area contributed by atoms with Crippen LogP contribution in [-0.2, 0) is 30.4 Å². The second-order valence-corrected chi connectivity index (χ2v) is 9.50. The number of rotatable bonds is 4. The van der Waals surface area contributed by atoms with Gasteiger partial charge >= 0.3 is 0 Å². The van der Waals surface area contributed by atoms with Crippen LogP contribution in [0.2, 0.25) is 0 Å². The molecule has 1 aromatic rings. The van der Waals surface area contributed by atoms with Crippen LogP contribution in [-0.4, -0.2) is 76.8 Å². The first-order valence-electron chi connectivity index (χ1n) is 12.4. The Labute approximate surface area is 210 Å². The third kappa shape index (κ3) is 6.52. The van der Waals surface area contributed by atoms with Crippen LogP contribution in [0.25, 0.3) is 0 Å². The van der Waals surface area contributed by atoms with E-state index in [-0.39, 0.29) is 24.6 Å². The fraction of sp³-hybridized carbons (Fsp3) is 0.560. The number of aromatic hydroxyl groups is 1. The van der Waals surface area contributed by atoms with Crippen LogP contribution in [0.15, 0.2) is 24.3 Å². The first kappa shape index (κ1) is 27.0. The highest BCUT2D eigenvalue weighted by molar-refractivity contribution is 5.97.